The highest BCUT2D eigenvalue weighted by atomic mass is 16.2. The zero-order valence-electron chi connectivity index (χ0n) is 22.9. The molecule has 0 radical (unpaired) electrons. The molecule has 0 aliphatic carbocycles. The van der Waals surface area contributed by atoms with E-state index in [0.717, 1.165) is 11.1 Å². The molecule has 0 fully saturated rings. The number of nitrogens with zero attached hydrogens (tertiary/aromatic N) is 3. The van der Waals surface area contributed by atoms with E-state index in [-0.39, 0.29) is 37.2 Å². The molecule has 0 saturated heterocycles. The number of H-pyrrole nitrogens is 1. The van der Waals surface area contributed by atoms with Crippen molar-refractivity contribution < 1.29 is 19.2 Å². The Kier molecular flexibility index (Phi) is 9.26. The molecule has 1 unspecified atom stereocenters. The second kappa shape index (κ2) is 13.0. The quantitative estimate of drug-likeness (QED) is 0.287. The van der Waals surface area contributed by atoms with Gasteiger partial charge in [-0.05, 0) is 30.0 Å². The second-order valence-electron chi connectivity index (χ2n) is 10.00. The van der Waals surface area contributed by atoms with Crippen LogP contribution in [0.15, 0.2) is 54.6 Å². The van der Waals surface area contributed by atoms with Crippen molar-refractivity contribution in [2.75, 3.05) is 11.4 Å². The van der Waals surface area contributed by atoms with Crippen LogP contribution >= 0.6 is 0 Å². The number of aromatic amines is 1. The highest BCUT2D eigenvalue weighted by Crippen LogP contribution is 2.32. The van der Waals surface area contributed by atoms with Gasteiger partial charge in [-0.25, -0.2) is 0 Å². The monoisotopic (exact) mass is 545 g/mol. The molecule has 3 aromatic rings. The Balaban J connectivity index is 1.41. The molecule has 1 aromatic heterocycles. The lowest BCUT2D eigenvalue weighted by Gasteiger charge is -2.27. The van der Waals surface area contributed by atoms with Gasteiger partial charge in [0, 0.05) is 12.1 Å². The third kappa shape index (κ3) is 6.71. The van der Waals surface area contributed by atoms with Crippen LogP contribution in [-0.2, 0) is 38.6 Å². The third-order valence-electron chi connectivity index (χ3n) is 7.23. The lowest BCUT2D eigenvalue weighted by molar-refractivity contribution is -0.131. The SMILES string of the molecule is CC[C@H](C)[C@H](NC(=O)Cc1ccccc1)C(=O)NCC(=O)N1c2ccccc2CC1C(=O)NCc1n[nH]nc1C. The Morgan fingerprint density at radius 3 is 2.45 bits per heavy atom. The predicted octanol–water partition coefficient (Wildman–Crippen LogP) is 1.58. The molecule has 4 N–H and O–H groups in total. The zero-order chi connectivity index (χ0) is 28.6. The smallest absolute Gasteiger partial charge is 0.247 e. The van der Waals surface area contributed by atoms with Gasteiger partial charge in [0.05, 0.1) is 25.2 Å². The summed E-state index contributed by atoms with van der Waals surface area (Å²) in [5, 5.41) is 18.9. The number of anilines is 1. The van der Waals surface area contributed by atoms with Gasteiger partial charge in [0.15, 0.2) is 0 Å². The fraction of sp³-hybridized carbons (Fsp3) is 0.379. The number of amides is 4. The van der Waals surface area contributed by atoms with E-state index >= 15 is 0 Å². The summed E-state index contributed by atoms with van der Waals surface area (Å²) in [5.74, 6) is -1.62. The van der Waals surface area contributed by atoms with Crippen molar-refractivity contribution in [1.82, 2.24) is 31.4 Å². The summed E-state index contributed by atoms with van der Waals surface area (Å²) in [5.41, 5.74) is 3.63. The van der Waals surface area contributed by atoms with Crippen molar-refractivity contribution in [1.29, 1.82) is 0 Å². The minimum absolute atomic E-state index is 0.148. The maximum absolute atomic E-state index is 13.5. The molecule has 2 heterocycles. The first-order valence-corrected chi connectivity index (χ1v) is 13.4. The summed E-state index contributed by atoms with van der Waals surface area (Å²) < 4.78 is 0. The van der Waals surface area contributed by atoms with Crippen molar-refractivity contribution in [3.05, 3.63) is 77.1 Å². The number of aryl methyl sites for hydroxylation is 1. The number of carbonyl (C=O) groups is 4. The maximum Gasteiger partial charge on any atom is 0.247 e. The van der Waals surface area contributed by atoms with E-state index in [1.807, 2.05) is 56.3 Å². The standard InChI is InChI=1S/C29H35N7O4/c1-4-18(2)27(32-25(37)14-20-10-6-5-7-11-20)29(40)31-17-26(38)36-23-13-9-8-12-21(23)15-24(36)28(39)30-16-22-19(3)33-35-34-22/h5-13,18,24,27H,4,14-17H2,1-3H3,(H,30,39)(H,31,40)(H,32,37)(H,33,34,35)/t18-,24?,27-/m0/s1. The number of benzene rings is 2. The number of hydrogen-bond acceptors (Lipinski definition) is 6. The van der Waals surface area contributed by atoms with Gasteiger partial charge in [-0.1, -0.05) is 68.8 Å². The van der Waals surface area contributed by atoms with Crippen LogP contribution in [-0.4, -0.2) is 57.7 Å². The summed E-state index contributed by atoms with van der Waals surface area (Å²) in [6, 6.07) is 15.0. The molecule has 40 heavy (non-hydrogen) atoms. The zero-order valence-corrected chi connectivity index (χ0v) is 22.9. The number of aromatic nitrogens is 3. The molecular weight excluding hydrogens is 510 g/mol. The average Bonchev–Trinajstić information content (AvgIpc) is 3.56. The van der Waals surface area contributed by atoms with Crippen LogP contribution in [0.4, 0.5) is 5.69 Å². The number of hydrogen-bond donors (Lipinski definition) is 4. The first-order valence-electron chi connectivity index (χ1n) is 13.4. The molecule has 0 saturated carbocycles. The Hall–Kier alpha value is -4.54. The Bertz CT molecular complexity index is 1360. The average molecular weight is 546 g/mol. The fourth-order valence-corrected chi connectivity index (χ4v) is 4.73. The van der Waals surface area contributed by atoms with Crippen molar-refractivity contribution >= 4 is 29.3 Å². The maximum atomic E-state index is 13.5. The summed E-state index contributed by atoms with van der Waals surface area (Å²) >= 11 is 0. The number of nitrogens with one attached hydrogen (secondary N) is 4. The van der Waals surface area contributed by atoms with E-state index in [1.165, 1.54) is 4.90 Å². The topological polar surface area (TPSA) is 149 Å². The minimum atomic E-state index is -0.801. The number of fused-ring (bicyclic) bond motifs is 1. The van der Waals surface area contributed by atoms with E-state index < -0.39 is 23.9 Å². The van der Waals surface area contributed by atoms with Crippen molar-refractivity contribution in [3.63, 3.8) is 0 Å². The van der Waals surface area contributed by atoms with Crippen molar-refractivity contribution in [2.24, 2.45) is 5.92 Å². The molecule has 2 aromatic carbocycles. The lowest BCUT2D eigenvalue weighted by atomic mass is 9.98. The number of carbonyl (C=O) groups excluding carboxylic acids is 4. The van der Waals surface area contributed by atoms with Crippen LogP contribution in [0.2, 0.25) is 0 Å². The highest BCUT2D eigenvalue weighted by molar-refractivity contribution is 6.05. The van der Waals surface area contributed by atoms with Gasteiger partial charge < -0.3 is 16.0 Å². The van der Waals surface area contributed by atoms with E-state index in [2.05, 4.69) is 31.4 Å². The van der Waals surface area contributed by atoms with Crippen LogP contribution in [0.3, 0.4) is 0 Å². The second-order valence-corrected chi connectivity index (χ2v) is 10.00. The minimum Gasteiger partial charge on any atom is -0.348 e. The largest absolute Gasteiger partial charge is 0.348 e. The predicted molar refractivity (Wildman–Crippen MR) is 149 cm³/mol. The van der Waals surface area contributed by atoms with Gasteiger partial charge in [-0.15, -0.1) is 0 Å². The van der Waals surface area contributed by atoms with E-state index in [0.29, 0.717) is 29.9 Å². The molecule has 11 heteroatoms. The third-order valence-corrected chi connectivity index (χ3v) is 7.23. The molecule has 4 rings (SSSR count). The Morgan fingerprint density at radius 2 is 1.75 bits per heavy atom. The normalized spacial score (nSPS) is 15.6. The van der Waals surface area contributed by atoms with Crippen LogP contribution < -0.4 is 20.9 Å². The molecule has 3 atom stereocenters. The Labute approximate surface area is 233 Å². The summed E-state index contributed by atoms with van der Waals surface area (Å²) in [7, 11) is 0. The van der Waals surface area contributed by atoms with E-state index in [9.17, 15) is 19.2 Å². The molecule has 0 spiro atoms. The molecule has 4 amide bonds. The van der Waals surface area contributed by atoms with E-state index in [1.54, 1.807) is 19.1 Å². The van der Waals surface area contributed by atoms with Crippen LogP contribution in [0.1, 0.15) is 42.8 Å². The summed E-state index contributed by atoms with van der Waals surface area (Å²) in [6.07, 6.45) is 1.16. The van der Waals surface area contributed by atoms with Crippen LogP contribution in [0, 0.1) is 12.8 Å². The molecular formula is C29H35N7O4. The summed E-state index contributed by atoms with van der Waals surface area (Å²) in [6.45, 7) is 5.45. The van der Waals surface area contributed by atoms with Gasteiger partial charge in [0.1, 0.15) is 17.8 Å². The highest BCUT2D eigenvalue weighted by Gasteiger charge is 2.38. The first kappa shape index (κ1) is 28.5. The van der Waals surface area contributed by atoms with Gasteiger partial charge in [-0.3, -0.25) is 24.1 Å². The van der Waals surface area contributed by atoms with Gasteiger partial charge in [0.25, 0.3) is 0 Å². The fourth-order valence-electron chi connectivity index (χ4n) is 4.73. The van der Waals surface area contributed by atoms with E-state index in [4.69, 9.17) is 0 Å². The molecule has 0 bridgehead atoms. The molecule has 210 valence electrons. The Morgan fingerprint density at radius 1 is 1.02 bits per heavy atom. The van der Waals surface area contributed by atoms with Gasteiger partial charge >= 0.3 is 0 Å². The van der Waals surface area contributed by atoms with Crippen molar-refractivity contribution in [3.8, 4) is 0 Å². The van der Waals surface area contributed by atoms with Crippen molar-refractivity contribution in [2.45, 2.75) is 58.7 Å². The summed E-state index contributed by atoms with van der Waals surface area (Å²) in [4.78, 5) is 54.0. The van der Waals surface area contributed by atoms with Gasteiger partial charge in [0.2, 0.25) is 23.6 Å². The van der Waals surface area contributed by atoms with Crippen LogP contribution in [0.25, 0.3) is 0 Å². The number of rotatable bonds is 11. The molecule has 1 aliphatic heterocycles. The first-order chi connectivity index (χ1) is 19.3. The molecule has 1 aliphatic rings. The van der Waals surface area contributed by atoms with Gasteiger partial charge in [-0.2, -0.15) is 15.4 Å². The molecule has 11 nitrogen and oxygen atoms in total. The van der Waals surface area contributed by atoms with Crippen LogP contribution in [0.5, 0.6) is 0 Å². The lowest BCUT2D eigenvalue weighted by Crippen LogP contribution is -2.54. The number of para-hydroxylation sites is 1.